The molecule has 0 saturated carbocycles. The molecule has 0 unspecified atom stereocenters. The van der Waals surface area contributed by atoms with Gasteiger partial charge in [0.15, 0.2) is 0 Å². The van der Waals surface area contributed by atoms with Crippen molar-refractivity contribution in [3.63, 3.8) is 0 Å². The lowest BCUT2D eigenvalue weighted by Crippen LogP contribution is -2.01. The second kappa shape index (κ2) is 5.33. The summed E-state index contributed by atoms with van der Waals surface area (Å²) in [5.41, 5.74) is 2.07. The molecule has 1 N–H and O–H groups in total. The van der Waals surface area contributed by atoms with Crippen LogP contribution in [0.5, 0.6) is 5.75 Å². The molecule has 0 amide bonds. The SMILES string of the molecule is COc1cc(-c2ccc(C#N)cc2)ccc1S(=O)(=O)O. The first-order chi connectivity index (χ1) is 9.45. The molecule has 0 atom stereocenters. The Morgan fingerprint density at radius 2 is 1.70 bits per heavy atom. The smallest absolute Gasteiger partial charge is 0.298 e. The monoisotopic (exact) mass is 289 g/mol. The maximum absolute atomic E-state index is 11.2. The van der Waals surface area contributed by atoms with Crippen molar-refractivity contribution in [3.05, 3.63) is 48.0 Å². The van der Waals surface area contributed by atoms with E-state index in [2.05, 4.69) is 0 Å². The van der Waals surface area contributed by atoms with Crippen LogP contribution >= 0.6 is 0 Å². The minimum Gasteiger partial charge on any atom is -0.495 e. The highest BCUT2D eigenvalue weighted by atomic mass is 32.2. The summed E-state index contributed by atoms with van der Waals surface area (Å²) in [6.07, 6.45) is 0. The number of hydrogen-bond donors (Lipinski definition) is 1. The lowest BCUT2D eigenvalue weighted by Gasteiger charge is -2.09. The molecule has 0 heterocycles. The minimum absolute atomic E-state index is 0.0642. The van der Waals surface area contributed by atoms with Crippen LogP contribution in [-0.4, -0.2) is 20.1 Å². The number of ether oxygens (including phenoxy) is 1. The first kappa shape index (κ1) is 14.1. The van der Waals surface area contributed by atoms with Crippen molar-refractivity contribution in [2.24, 2.45) is 0 Å². The Balaban J connectivity index is 2.51. The van der Waals surface area contributed by atoms with E-state index in [-0.39, 0.29) is 10.6 Å². The molecule has 102 valence electrons. The molecule has 2 aromatic rings. The zero-order chi connectivity index (χ0) is 14.8. The molecule has 0 spiro atoms. The van der Waals surface area contributed by atoms with Gasteiger partial charge in [0.1, 0.15) is 10.6 Å². The van der Waals surface area contributed by atoms with Gasteiger partial charge in [0, 0.05) is 0 Å². The van der Waals surface area contributed by atoms with Crippen molar-refractivity contribution < 1.29 is 17.7 Å². The summed E-state index contributed by atoms with van der Waals surface area (Å²) in [6.45, 7) is 0. The Morgan fingerprint density at radius 1 is 1.10 bits per heavy atom. The van der Waals surface area contributed by atoms with Gasteiger partial charge in [-0.15, -0.1) is 0 Å². The van der Waals surface area contributed by atoms with Crippen LogP contribution in [0.2, 0.25) is 0 Å². The van der Waals surface area contributed by atoms with Gasteiger partial charge in [-0.3, -0.25) is 4.55 Å². The predicted octanol–water partition coefficient (Wildman–Crippen LogP) is 2.48. The van der Waals surface area contributed by atoms with E-state index in [4.69, 9.17) is 14.6 Å². The van der Waals surface area contributed by atoms with Crippen LogP contribution in [0.3, 0.4) is 0 Å². The molecule has 0 aliphatic rings. The number of rotatable bonds is 3. The molecule has 0 saturated heterocycles. The average molecular weight is 289 g/mol. The van der Waals surface area contributed by atoms with Crippen molar-refractivity contribution in [3.8, 4) is 22.9 Å². The second-order valence-electron chi connectivity index (χ2n) is 4.03. The van der Waals surface area contributed by atoms with E-state index in [1.165, 1.54) is 19.2 Å². The van der Waals surface area contributed by atoms with Gasteiger partial charge < -0.3 is 4.74 Å². The summed E-state index contributed by atoms with van der Waals surface area (Å²) in [7, 11) is -3.00. The molecule has 0 aliphatic carbocycles. The third-order valence-electron chi connectivity index (χ3n) is 2.79. The second-order valence-corrected chi connectivity index (χ2v) is 5.42. The van der Waals surface area contributed by atoms with Gasteiger partial charge in [0.25, 0.3) is 10.1 Å². The fraction of sp³-hybridized carbons (Fsp3) is 0.0714. The topological polar surface area (TPSA) is 87.4 Å². The molecule has 0 bridgehead atoms. The molecular weight excluding hydrogens is 278 g/mol. The number of nitrogens with zero attached hydrogens (tertiary/aromatic N) is 1. The molecule has 5 nitrogen and oxygen atoms in total. The van der Waals surface area contributed by atoms with Crippen LogP contribution in [0.25, 0.3) is 11.1 Å². The summed E-state index contributed by atoms with van der Waals surface area (Å²) in [4.78, 5) is -0.280. The van der Waals surface area contributed by atoms with Crippen molar-refractivity contribution in [2.45, 2.75) is 4.90 Å². The number of benzene rings is 2. The van der Waals surface area contributed by atoms with Gasteiger partial charge in [-0.1, -0.05) is 18.2 Å². The summed E-state index contributed by atoms with van der Waals surface area (Å²) < 4.78 is 36.4. The standard InChI is InChI=1S/C14H11NO4S/c1-19-13-8-12(6-7-14(13)20(16,17)18)11-4-2-10(9-15)3-5-11/h2-8H,1H3,(H,16,17,18). The fourth-order valence-corrected chi connectivity index (χ4v) is 2.43. The Labute approximate surface area is 116 Å². The molecule has 2 rings (SSSR count). The number of nitriles is 1. The lowest BCUT2D eigenvalue weighted by atomic mass is 10.0. The minimum atomic E-state index is -4.32. The molecular formula is C14H11NO4S. The average Bonchev–Trinajstić information content (AvgIpc) is 2.45. The van der Waals surface area contributed by atoms with Crippen LogP contribution < -0.4 is 4.74 Å². The molecule has 20 heavy (non-hydrogen) atoms. The van der Waals surface area contributed by atoms with Crippen LogP contribution in [0.4, 0.5) is 0 Å². The van der Waals surface area contributed by atoms with Crippen LogP contribution in [0, 0.1) is 11.3 Å². The molecule has 6 heteroatoms. The lowest BCUT2D eigenvalue weighted by molar-refractivity contribution is 0.398. The highest BCUT2D eigenvalue weighted by Crippen LogP contribution is 2.30. The van der Waals surface area contributed by atoms with E-state index in [0.717, 1.165) is 11.1 Å². The molecule has 0 fully saturated rings. The highest BCUT2D eigenvalue weighted by Gasteiger charge is 2.16. The van der Waals surface area contributed by atoms with Gasteiger partial charge in [-0.25, -0.2) is 0 Å². The largest absolute Gasteiger partial charge is 0.495 e. The van der Waals surface area contributed by atoms with Gasteiger partial charge in [-0.05, 0) is 35.4 Å². The Morgan fingerprint density at radius 3 is 2.20 bits per heavy atom. The van der Waals surface area contributed by atoms with Crippen molar-refractivity contribution in [1.29, 1.82) is 5.26 Å². The molecule has 0 radical (unpaired) electrons. The van der Waals surface area contributed by atoms with Crippen molar-refractivity contribution in [2.75, 3.05) is 7.11 Å². The van der Waals surface area contributed by atoms with E-state index in [9.17, 15) is 8.42 Å². The van der Waals surface area contributed by atoms with Crippen molar-refractivity contribution in [1.82, 2.24) is 0 Å². The number of hydrogen-bond acceptors (Lipinski definition) is 4. The van der Waals surface area contributed by atoms with Crippen LogP contribution in [0.1, 0.15) is 5.56 Å². The van der Waals surface area contributed by atoms with Crippen LogP contribution in [0.15, 0.2) is 47.4 Å². The summed E-state index contributed by atoms with van der Waals surface area (Å²) in [5, 5.41) is 8.74. The van der Waals surface area contributed by atoms with E-state index in [1.54, 1.807) is 30.3 Å². The zero-order valence-corrected chi connectivity index (χ0v) is 11.4. The summed E-state index contributed by atoms with van der Waals surface area (Å²) in [6, 6.07) is 13.2. The molecule has 2 aromatic carbocycles. The van der Waals surface area contributed by atoms with Crippen molar-refractivity contribution >= 4 is 10.1 Å². The predicted molar refractivity (Wildman–Crippen MR) is 73.0 cm³/mol. The number of methoxy groups -OCH3 is 1. The third kappa shape index (κ3) is 2.79. The Hall–Kier alpha value is -2.36. The normalized spacial score (nSPS) is 10.8. The fourth-order valence-electron chi connectivity index (χ4n) is 1.80. The van der Waals surface area contributed by atoms with E-state index >= 15 is 0 Å². The van der Waals surface area contributed by atoms with E-state index < -0.39 is 10.1 Å². The van der Waals surface area contributed by atoms with Gasteiger partial charge in [0.05, 0.1) is 18.7 Å². The Kier molecular flexibility index (Phi) is 3.74. The Bertz CT molecular complexity index is 774. The van der Waals surface area contributed by atoms with E-state index in [0.29, 0.717) is 5.56 Å². The molecule has 0 aliphatic heterocycles. The summed E-state index contributed by atoms with van der Waals surface area (Å²) in [5.74, 6) is 0.0642. The van der Waals surface area contributed by atoms with Gasteiger partial charge >= 0.3 is 0 Å². The third-order valence-corrected chi connectivity index (χ3v) is 3.68. The summed E-state index contributed by atoms with van der Waals surface area (Å²) >= 11 is 0. The van der Waals surface area contributed by atoms with Gasteiger partial charge in [-0.2, -0.15) is 13.7 Å². The first-order valence-corrected chi connectivity index (χ1v) is 7.06. The first-order valence-electron chi connectivity index (χ1n) is 5.62. The molecule has 0 aromatic heterocycles. The highest BCUT2D eigenvalue weighted by molar-refractivity contribution is 7.86. The van der Waals surface area contributed by atoms with E-state index in [1.807, 2.05) is 6.07 Å². The maximum Gasteiger partial charge on any atom is 0.298 e. The van der Waals surface area contributed by atoms with Crippen LogP contribution in [-0.2, 0) is 10.1 Å². The maximum atomic E-state index is 11.2. The van der Waals surface area contributed by atoms with Gasteiger partial charge in [0.2, 0.25) is 0 Å². The zero-order valence-electron chi connectivity index (χ0n) is 10.6. The quantitative estimate of drug-likeness (QED) is 0.877.